The van der Waals surface area contributed by atoms with Crippen LogP contribution in [0.5, 0.6) is 0 Å². The van der Waals surface area contributed by atoms with Crippen molar-refractivity contribution in [2.75, 3.05) is 5.73 Å². The van der Waals surface area contributed by atoms with Crippen molar-refractivity contribution in [1.29, 1.82) is 0 Å². The van der Waals surface area contributed by atoms with Crippen molar-refractivity contribution in [2.45, 2.75) is 51.4 Å². The number of nitrogens with zero attached hydrogens (tertiary/aromatic N) is 3. The van der Waals surface area contributed by atoms with Gasteiger partial charge in [0.25, 0.3) is 0 Å². The summed E-state index contributed by atoms with van der Waals surface area (Å²) in [5, 5.41) is 0. The number of anilines is 1. The van der Waals surface area contributed by atoms with E-state index in [1.165, 1.54) is 44.9 Å². The van der Waals surface area contributed by atoms with Gasteiger partial charge < -0.3 is 5.73 Å². The van der Waals surface area contributed by atoms with E-state index in [1.807, 2.05) is 0 Å². The van der Waals surface area contributed by atoms with E-state index in [1.54, 1.807) is 0 Å². The Balaban J connectivity index is 1.94. The molecule has 0 saturated heterocycles. The third-order valence-electron chi connectivity index (χ3n) is 3.52. The van der Waals surface area contributed by atoms with Gasteiger partial charge in [-0.15, -0.1) is 0 Å². The minimum atomic E-state index is 0.348. The minimum Gasteiger partial charge on any atom is -0.368 e. The highest BCUT2D eigenvalue weighted by atomic mass is 15.1. The zero-order chi connectivity index (χ0) is 11.4. The monoisotopic (exact) mass is 220 g/mol. The molecule has 1 aliphatic rings. The third-order valence-corrected chi connectivity index (χ3v) is 3.52. The number of rotatable bonds is 3. The molecule has 1 aliphatic carbocycles. The largest absolute Gasteiger partial charge is 0.368 e. The summed E-state index contributed by atoms with van der Waals surface area (Å²) in [4.78, 5) is 12.3. The molecule has 0 atom stereocenters. The molecule has 4 heteroatoms. The Morgan fingerprint density at radius 2 is 2.00 bits per heavy atom. The fourth-order valence-electron chi connectivity index (χ4n) is 2.64. The Hall–Kier alpha value is -1.19. The zero-order valence-electron chi connectivity index (χ0n) is 9.89. The van der Waals surface area contributed by atoms with Crippen LogP contribution >= 0.6 is 0 Å². The molecule has 2 rings (SSSR count). The lowest BCUT2D eigenvalue weighted by Crippen LogP contribution is -2.16. The quantitative estimate of drug-likeness (QED) is 0.850. The third kappa shape index (κ3) is 2.68. The molecule has 0 aliphatic heterocycles. The van der Waals surface area contributed by atoms with E-state index in [4.69, 9.17) is 5.73 Å². The molecule has 0 bridgehead atoms. The summed E-state index contributed by atoms with van der Waals surface area (Å²) in [5.41, 5.74) is 5.58. The van der Waals surface area contributed by atoms with Crippen molar-refractivity contribution in [3.8, 4) is 0 Å². The van der Waals surface area contributed by atoms with Crippen LogP contribution in [0.1, 0.15) is 57.2 Å². The molecule has 1 saturated carbocycles. The van der Waals surface area contributed by atoms with Gasteiger partial charge in [0, 0.05) is 5.92 Å². The van der Waals surface area contributed by atoms with Crippen LogP contribution in [0, 0.1) is 5.92 Å². The molecule has 2 N–H and O–H groups in total. The number of aromatic nitrogens is 3. The summed E-state index contributed by atoms with van der Waals surface area (Å²) in [5.74, 6) is 2.65. The number of hydrogen-bond acceptors (Lipinski definition) is 4. The van der Waals surface area contributed by atoms with E-state index in [0.717, 1.165) is 11.7 Å². The van der Waals surface area contributed by atoms with E-state index in [2.05, 4.69) is 21.9 Å². The average Bonchev–Trinajstić information content (AvgIpc) is 2.30. The predicted molar refractivity (Wildman–Crippen MR) is 63.8 cm³/mol. The molecule has 1 aromatic rings. The molecular weight excluding hydrogens is 200 g/mol. The van der Waals surface area contributed by atoms with E-state index in [0.29, 0.717) is 11.9 Å². The zero-order valence-corrected chi connectivity index (χ0v) is 9.89. The molecule has 0 amide bonds. The van der Waals surface area contributed by atoms with Gasteiger partial charge in [0.2, 0.25) is 5.95 Å². The fraction of sp³-hybridized carbons (Fsp3) is 0.750. The van der Waals surface area contributed by atoms with Crippen molar-refractivity contribution in [3.63, 3.8) is 0 Å². The maximum absolute atomic E-state index is 5.58. The smallest absolute Gasteiger partial charge is 0.223 e. The van der Waals surface area contributed by atoms with Gasteiger partial charge in [-0.2, -0.15) is 4.98 Å². The van der Waals surface area contributed by atoms with Crippen molar-refractivity contribution in [2.24, 2.45) is 5.92 Å². The molecule has 1 heterocycles. The Morgan fingerprint density at radius 3 is 2.62 bits per heavy atom. The highest BCUT2D eigenvalue weighted by molar-refractivity contribution is 5.14. The standard InChI is InChI=1S/C12H20N4/c1-2-3-9-4-6-10(7-5-9)11-14-8-15-12(13)16-11/h8-10H,2-7H2,1H3,(H2,13,14,15,16). The van der Waals surface area contributed by atoms with Gasteiger partial charge >= 0.3 is 0 Å². The Morgan fingerprint density at radius 1 is 1.25 bits per heavy atom. The Bertz CT molecular complexity index is 332. The van der Waals surface area contributed by atoms with Crippen molar-refractivity contribution in [1.82, 2.24) is 15.0 Å². The lowest BCUT2D eigenvalue weighted by molar-refractivity contribution is 0.302. The molecule has 0 unspecified atom stereocenters. The van der Waals surface area contributed by atoms with Gasteiger partial charge in [-0.3, -0.25) is 0 Å². The normalized spacial score (nSPS) is 25.6. The van der Waals surface area contributed by atoms with E-state index in [9.17, 15) is 0 Å². The topological polar surface area (TPSA) is 64.7 Å². The maximum atomic E-state index is 5.58. The molecular formula is C12H20N4. The number of nitrogens with two attached hydrogens (primary N) is 1. The van der Waals surface area contributed by atoms with Crippen LogP contribution in [0.4, 0.5) is 5.95 Å². The number of hydrogen-bond donors (Lipinski definition) is 1. The van der Waals surface area contributed by atoms with Crippen molar-refractivity contribution < 1.29 is 0 Å². The van der Waals surface area contributed by atoms with Crippen molar-refractivity contribution >= 4 is 5.95 Å². The summed E-state index contributed by atoms with van der Waals surface area (Å²) in [6, 6.07) is 0. The summed E-state index contributed by atoms with van der Waals surface area (Å²) < 4.78 is 0. The molecule has 0 spiro atoms. The lowest BCUT2D eigenvalue weighted by atomic mass is 9.80. The molecule has 1 fully saturated rings. The van der Waals surface area contributed by atoms with E-state index >= 15 is 0 Å². The summed E-state index contributed by atoms with van der Waals surface area (Å²) in [6.45, 7) is 2.26. The first kappa shape index (κ1) is 11.3. The molecule has 0 radical (unpaired) electrons. The highest BCUT2D eigenvalue weighted by Crippen LogP contribution is 2.35. The van der Waals surface area contributed by atoms with Gasteiger partial charge in [0.1, 0.15) is 12.2 Å². The van der Waals surface area contributed by atoms with E-state index in [-0.39, 0.29) is 0 Å². The van der Waals surface area contributed by atoms with Crippen LogP contribution in [0.25, 0.3) is 0 Å². The summed E-state index contributed by atoms with van der Waals surface area (Å²) in [6.07, 6.45) is 9.21. The number of nitrogen functional groups attached to an aromatic ring is 1. The van der Waals surface area contributed by atoms with Crippen LogP contribution in [0.15, 0.2) is 6.33 Å². The first-order valence-corrected chi connectivity index (χ1v) is 6.24. The Labute approximate surface area is 96.7 Å². The fourth-order valence-corrected chi connectivity index (χ4v) is 2.64. The van der Waals surface area contributed by atoms with Crippen LogP contribution in [-0.2, 0) is 0 Å². The minimum absolute atomic E-state index is 0.348. The second kappa shape index (κ2) is 5.23. The lowest BCUT2D eigenvalue weighted by Gasteiger charge is -2.27. The first-order valence-electron chi connectivity index (χ1n) is 6.24. The Kier molecular flexibility index (Phi) is 3.70. The van der Waals surface area contributed by atoms with Gasteiger partial charge in [-0.1, -0.05) is 19.8 Å². The van der Waals surface area contributed by atoms with Crippen LogP contribution in [-0.4, -0.2) is 15.0 Å². The molecule has 88 valence electrons. The van der Waals surface area contributed by atoms with Crippen LogP contribution < -0.4 is 5.73 Å². The van der Waals surface area contributed by atoms with Gasteiger partial charge in [-0.05, 0) is 31.6 Å². The second-order valence-corrected chi connectivity index (χ2v) is 4.71. The first-order chi connectivity index (χ1) is 7.79. The van der Waals surface area contributed by atoms with Crippen LogP contribution in [0.3, 0.4) is 0 Å². The SMILES string of the molecule is CCCC1CCC(c2ncnc(N)n2)CC1. The molecule has 0 aromatic carbocycles. The van der Waals surface area contributed by atoms with Gasteiger partial charge in [0.15, 0.2) is 0 Å². The summed E-state index contributed by atoms with van der Waals surface area (Å²) >= 11 is 0. The van der Waals surface area contributed by atoms with Crippen LogP contribution in [0.2, 0.25) is 0 Å². The summed E-state index contributed by atoms with van der Waals surface area (Å²) in [7, 11) is 0. The van der Waals surface area contributed by atoms with Gasteiger partial charge in [0.05, 0.1) is 0 Å². The highest BCUT2D eigenvalue weighted by Gasteiger charge is 2.23. The van der Waals surface area contributed by atoms with Crippen molar-refractivity contribution in [3.05, 3.63) is 12.2 Å². The maximum Gasteiger partial charge on any atom is 0.223 e. The molecule has 16 heavy (non-hydrogen) atoms. The average molecular weight is 220 g/mol. The second-order valence-electron chi connectivity index (χ2n) is 4.71. The van der Waals surface area contributed by atoms with Gasteiger partial charge in [-0.25, -0.2) is 9.97 Å². The predicted octanol–water partition coefficient (Wildman–Crippen LogP) is 2.53. The molecule has 4 nitrogen and oxygen atoms in total. The van der Waals surface area contributed by atoms with E-state index < -0.39 is 0 Å². The molecule has 1 aromatic heterocycles.